The fourth-order valence-corrected chi connectivity index (χ4v) is 2.50. The Morgan fingerprint density at radius 3 is 2.80 bits per heavy atom. The van der Waals surface area contributed by atoms with Gasteiger partial charge in [-0.2, -0.15) is 11.8 Å². The Labute approximate surface area is 124 Å². The van der Waals surface area contributed by atoms with Crippen molar-refractivity contribution in [3.63, 3.8) is 0 Å². The molecule has 1 atom stereocenters. The molecule has 1 amide bonds. The lowest BCUT2D eigenvalue weighted by Gasteiger charge is -2.09. The van der Waals surface area contributed by atoms with Crippen molar-refractivity contribution in [2.24, 2.45) is 0 Å². The summed E-state index contributed by atoms with van der Waals surface area (Å²) in [6, 6.07) is 5.93. The van der Waals surface area contributed by atoms with Gasteiger partial charge in [-0.25, -0.2) is 4.98 Å². The minimum absolute atomic E-state index is 0.0301. The Balaban J connectivity index is 2.32. The maximum absolute atomic E-state index is 11.9. The van der Waals surface area contributed by atoms with E-state index in [9.17, 15) is 4.79 Å². The van der Waals surface area contributed by atoms with Gasteiger partial charge in [0, 0.05) is 18.7 Å². The molecule has 108 valence electrons. The molecule has 0 radical (unpaired) electrons. The Morgan fingerprint density at radius 2 is 2.20 bits per heavy atom. The summed E-state index contributed by atoms with van der Waals surface area (Å²) in [5.74, 6) is 1.12. The average molecular weight is 291 g/mol. The smallest absolute Gasteiger partial charge is 0.237 e. The van der Waals surface area contributed by atoms with E-state index in [1.54, 1.807) is 0 Å². The van der Waals surface area contributed by atoms with Gasteiger partial charge in [-0.3, -0.25) is 4.79 Å². The van der Waals surface area contributed by atoms with Crippen LogP contribution < -0.4 is 5.32 Å². The first-order valence-electron chi connectivity index (χ1n) is 6.93. The number of nitrogens with one attached hydrogen (secondary N) is 1. The highest BCUT2D eigenvalue weighted by atomic mass is 32.2. The quantitative estimate of drug-likeness (QED) is 0.919. The molecule has 0 spiro atoms. The zero-order chi connectivity index (χ0) is 14.7. The molecule has 2 aromatic rings. The molecule has 4 nitrogen and oxygen atoms in total. The molecule has 0 fully saturated rings. The van der Waals surface area contributed by atoms with Crippen molar-refractivity contribution in [2.75, 3.05) is 11.6 Å². The number of carbonyl (C=O) groups excluding carboxylic acids is 1. The number of aromatic nitrogens is 2. The van der Waals surface area contributed by atoms with Crippen LogP contribution >= 0.6 is 11.8 Å². The molecule has 0 saturated carbocycles. The predicted molar refractivity (Wildman–Crippen MR) is 86.4 cm³/mol. The van der Waals surface area contributed by atoms with Gasteiger partial charge in [0.05, 0.1) is 16.3 Å². The molecule has 0 bridgehead atoms. The van der Waals surface area contributed by atoms with E-state index in [2.05, 4.69) is 28.7 Å². The first-order chi connectivity index (χ1) is 9.60. The minimum atomic E-state index is -0.0508. The number of carbonyl (C=O) groups is 1. The zero-order valence-corrected chi connectivity index (χ0v) is 13.3. The highest BCUT2D eigenvalue weighted by Gasteiger charge is 2.13. The van der Waals surface area contributed by atoms with Crippen LogP contribution in [0.25, 0.3) is 11.0 Å². The number of benzene rings is 1. The standard InChI is InChI=1S/C15H21N3OS/c1-5-14-17-12-9-11(16-15(19)10(3)20-4)7-8-13(12)18(14)6-2/h7-10H,5-6H2,1-4H3,(H,16,19). The number of fused-ring (bicyclic) bond motifs is 1. The van der Waals surface area contributed by atoms with Gasteiger partial charge in [0.15, 0.2) is 0 Å². The molecule has 20 heavy (non-hydrogen) atoms. The van der Waals surface area contributed by atoms with Crippen LogP contribution in [0.2, 0.25) is 0 Å². The zero-order valence-electron chi connectivity index (χ0n) is 12.4. The van der Waals surface area contributed by atoms with Crippen LogP contribution in [0, 0.1) is 0 Å². The summed E-state index contributed by atoms with van der Waals surface area (Å²) in [6.07, 6.45) is 2.84. The maximum Gasteiger partial charge on any atom is 0.237 e. The number of hydrogen-bond acceptors (Lipinski definition) is 3. The first kappa shape index (κ1) is 14.9. The van der Waals surface area contributed by atoms with Gasteiger partial charge in [0.2, 0.25) is 5.91 Å². The summed E-state index contributed by atoms with van der Waals surface area (Å²) in [4.78, 5) is 16.5. The second-order valence-corrected chi connectivity index (χ2v) is 5.88. The van der Waals surface area contributed by atoms with Gasteiger partial charge in [0.25, 0.3) is 0 Å². The van der Waals surface area contributed by atoms with Crippen LogP contribution in [0.5, 0.6) is 0 Å². The van der Waals surface area contributed by atoms with Crippen molar-refractivity contribution in [1.29, 1.82) is 0 Å². The number of aryl methyl sites for hydroxylation is 2. The Hall–Kier alpha value is -1.49. The molecule has 1 unspecified atom stereocenters. The Bertz CT molecular complexity index is 621. The molecule has 0 aliphatic carbocycles. The maximum atomic E-state index is 11.9. The molecule has 1 aromatic heterocycles. The summed E-state index contributed by atoms with van der Waals surface area (Å²) in [5.41, 5.74) is 2.88. The molecule has 2 rings (SSSR count). The predicted octanol–water partition coefficient (Wildman–Crippen LogP) is 3.31. The van der Waals surface area contributed by atoms with E-state index < -0.39 is 0 Å². The number of nitrogens with zero attached hydrogens (tertiary/aromatic N) is 2. The summed E-state index contributed by atoms with van der Waals surface area (Å²) < 4.78 is 2.21. The van der Waals surface area contributed by atoms with E-state index >= 15 is 0 Å². The molecule has 1 heterocycles. The van der Waals surface area contributed by atoms with Crippen molar-refractivity contribution >= 4 is 34.4 Å². The third-order valence-corrected chi connectivity index (χ3v) is 4.37. The summed E-state index contributed by atoms with van der Waals surface area (Å²) >= 11 is 1.54. The fourth-order valence-electron chi connectivity index (χ4n) is 2.23. The molecule has 1 aromatic carbocycles. The summed E-state index contributed by atoms with van der Waals surface area (Å²) in [6.45, 7) is 7.04. The molecule has 0 saturated heterocycles. The van der Waals surface area contributed by atoms with Crippen LogP contribution in [0.3, 0.4) is 0 Å². The molecular formula is C15H21N3OS. The van der Waals surface area contributed by atoms with E-state index in [1.165, 1.54) is 11.8 Å². The number of amides is 1. The second kappa shape index (κ2) is 6.31. The lowest BCUT2D eigenvalue weighted by molar-refractivity contribution is -0.115. The van der Waals surface area contributed by atoms with Gasteiger partial charge >= 0.3 is 0 Å². The van der Waals surface area contributed by atoms with Crippen molar-refractivity contribution in [2.45, 2.75) is 39.0 Å². The highest BCUT2D eigenvalue weighted by molar-refractivity contribution is 7.99. The Morgan fingerprint density at radius 1 is 1.45 bits per heavy atom. The van der Waals surface area contributed by atoms with Gasteiger partial charge < -0.3 is 9.88 Å². The first-order valence-corrected chi connectivity index (χ1v) is 8.22. The molecule has 0 aliphatic rings. The topological polar surface area (TPSA) is 46.9 Å². The van der Waals surface area contributed by atoms with E-state index in [1.807, 2.05) is 31.4 Å². The second-order valence-electron chi connectivity index (χ2n) is 4.70. The normalized spacial score (nSPS) is 12.6. The Kier molecular flexibility index (Phi) is 4.70. The van der Waals surface area contributed by atoms with E-state index in [0.29, 0.717) is 0 Å². The highest BCUT2D eigenvalue weighted by Crippen LogP contribution is 2.21. The van der Waals surface area contributed by atoms with Crippen LogP contribution in [0.4, 0.5) is 5.69 Å². The van der Waals surface area contributed by atoms with Crippen LogP contribution in [0.1, 0.15) is 26.6 Å². The average Bonchev–Trinajstić information content (AvgIpc) is 2.82. The van der Waals surface area contributed by atoms with Gasteiger partial charge in [0.1, 0.15) is 5.82 Å². The number of imidazole rings is 1. The number of hydrogen-bond donors (Lipinski definition) is 1. The SMILES string of the molecule is CCc1nc2cc(NC(=O)C(C)SC)ccc2n1CC. The van der Waals surface area contributed by atoms with E-state index in [4.69, 9.17) is 0 Å². The third-order valence-electron chi connectivity index (χ3n) is 3.45. The largest absolute Gasteiger partial charge is 0.328 e. The lowest BCUT2D eigenvalue weighted by Crippen LogP contribution is -2.21. The summed E-state index contributed by atoms with van der Waals surface area (Å²) in [5, 5.41) is 2.89. The molecule has 1 N–H and O–H groups in total. The van der Waals surface area contributed by atoms with E-state index in [0.717, 1.165) is 35.5 Å². The number of rotatable bonds is 5. The molecule has 0 aliphatic heterocycles. The van der Waals surface area contributed by atoms with Gasteiger partial charge in [-0.1, -0.05) is 6.92 Å². The summed E-state index contributed by atoms with van der Waals surface area (Å²) in [7, 11) is 0. The number of anilines is 1. The van der Waals surface area contributed by atoms with Crippen molar-refractivity contribution in [3.8, 4) is 0 Å². The molecule has 5 heteroatoms. The van der Waals surface area contributed by atoms with Crippen molar-refractivity contribution in [1.82, 2.24) is 9.55 Å². The van der Waals surface area contributed by atoms with Gasteiger partial charge in [-0.05, 0) is 38.3 Å². The van der Waals surface area contributed by atoms with Gasteiger partial charge in [-0.15, -0.1) is 0 Å². The van der Waals surface area contributed by atoms with Crippen LogP contribution in [-0.2, 0) is 17.8 Å². The fraction of sp³-hybridized carbons (Fsp3) is 0.467. The van der Waals surface area contributed by atoms with E-state index in [-0.39, 0.29) is 11.2 Å². The monoisotopic (exact) mass is 291 g/mol. The van der Waals surface area contributed by atoms with Crippen LogP contribution in [0.15, 0.2) is 18.2 Å². The van der Waals surface area contributed by atoms with Crippen molar-refractivity contribution in [3.05, 3.63) is 24.0 Å². The lowest BCUT2D eigenvalue weighted by atomic mass is 10.2. The number of thioether (sulfide) groups is 1. The van der Waals surface area contributed by atoms with Crippen molar-refractivity contribution < 1.29 is 4.79 Å². The molecular weight excluding hydrogens is 270 g/mol. The third kappa shape index (κ3) is 2.82. The van der Waals surface area contributed by atoms with Crippen LogP contribution in [-0.4, -0.2) is 27.0 Å². The minimum Gasteiger partial charge on any atom is -0.328 e.